The zero-order valence-corrected chi connectivity index (χ0v) is 12.5. The summed E-state index contributed by atoms with van der Waals surface area (Å²) in [6.07, 6.45) is -4.36. The maximum Gasteiger partial charge on any atom is 0.416 e. The largest absolute Gasteiger partial charge is 0.416 e. The second-order valence-electron chi connectivity index (χ2n) is 4.51. The van der Waals surface area contributed by atoms with Gasteiger partial charge in [0.15, 0.2) is 0 Å². The minimum Gasteiger partial charge on any atom is -0.334 e. The molecule has 0 amide bonds. The smallest absolute Gasteiger partial charge is 0.334 e. The van der Waals surface area contributed by atoms with Crippen LogP contribution in [-0.4, -0.2) is 10.1 Å². The molecule has 22 heavy (non-hydrogen) atoms. The molecule has 0 aliphatic carbocycles. The third-order valence-corrected chi connectivity index (χ3v) is 3.46. The van der Waals surface area contributed by atoms with E-state index in [2.05, 4.69) is 26.1 Å². The first-order valence-electron chi connectivity index (χ1n) is 6.21. The predicted octanol–water partition coefficient (Wildman–Crippen LogP) is 5.18. The van der Waals surface area contributed by atoms with Crippen molar-refractivity contribution in [3.63, 3.8) is 0 Å². The van der Waals surface area contributed by atoms with E-state index in [1.54, 1.807) is 6.07 Å². The number of nitrogens with zero attached hydrogens (tertiary/aromatic N) is 2. The molecule has 0 radical (unpaired) electrons. The highest BCUT2D eigenvalue weighted by Gasteiger charge is 2.30. The first-order chi connectivity index (χ1) is 10.4. The van der Waals surface area contributed by atoms with Crippen molar-refractivity contribution in [2.45, 2.75) is 6.18 Å². The summed E-state index contributed by atoms with van der Waals surface area (Å²) in [5, 5.41) is 3.80. The Morgan fingerprint density at radius 1 is 0.955 bits per heavy atom. The van der Waals surface area contributed by atoms with Gasteiger partial charge in [-0.25, -0.2) is 0 Å². The summed E-state index contributed by atoms with van der Waals surface area (Å²) in [5.41, 5.74) is 0.463. The molecular formula is C15H8BrF3N2O. The molecule has 0 saturated carbocycles. The van der Waals surface area contributed by atoms with Crippen molar-refractivity contribution in [2.75, 3.05) is 0 Å². The number of hydrogen-bond donors (Lipinski definition) is 0. The average molecular weight is 369 g/mol. The van der Waals surface area contributed by atoms with Gasteiger partial charge in [0, 0.05) is 15.6 Å². The van der Waals surface area contributed by atoms with Gasteiger partial charge in [0.2, 0.25) is 5.82 Å². The van der Waals surface area contributed by atoms with Crippen LogP contribution in [0.25, 0.3) is 22.8 Å². The van der Waals surface area contributed by atoms with E-state index >= 15 is 0 Å². The third kappa shape index (κ3) is 3.04. The SMILES string of the molecule is FC(F)(F)c1ccc(-c2noc(-c3cccc(Br)c3)n2)cc1. The van der Waals surface area contributed by atoms with Gasteiger partial charge >= 0.3 is 6.18 Å². The summed E-state index contributed by atoms with van der Waals surface area (Å²) in [6.45, 7) is 0. The number of benzene rings is 2. The number of hydrogen-bond acceptors (Lipinski definition) is 3. The molecule has 0 N–H and O–H groups in total. The van der Waals surface area contributed by atoms with E-state index in [1.165, 1.54) is 12.1 Å². The van der Waals surface area contributed by atoms with Gasteiger partial charge in [-0.1, -0.05) is 39.3 Å². The molecule has 0 atom stereocenters. The third-order valence-electron chi connectivity index (χ3n) is 2.97. The first kappa shape index (κ1) is 14.8. The van der Waals surface area contributed by atoms with Crippen molar-refractivity contribution < 1.29 is 17.7 Å². The van der Waals surface area contributed by atoms with E-state index in [0.29, 0.717) is 11.5 Å². The molecule has 1 heterocycles. The summed E-state index contributed by atoms with van der Waals surface area (Å²) in [5.74, 6) is 0.542. The highest BCUT2D eigenvalue weighted by Crippen LogP contribution is 2.31. The van der Waals surface area contributed by atoms with Crippen molar-refractivity contribution in [1.29, 1.82) is 0 Å². The Balaban J connectivity index is 1.91. The highest BCUT2D eigenvalue weighted by atomic mass is 79.9. The molecular weight excluding hydrogens is 361 g/mol. The molecule has 0 saturated heterocycles. The molecule has 2 aromatic carbocycles. The Morgan fingerprint density at radius 2 is 1.68 bits per heavy atom. The van der Waals surface area contributed by atoms with Gasteiger partial charge in [0.25, 0.3) is 5.89 Å². The molecule has 0 spiro atoms. The Bertz CT molecular complexity index is 797. The standard InChI is InChI=1S/C15H8BrF3N2O/c16-12-3-1-2-10(8-12)14-20-13(21-22-14)9-4-6-11(7-5-9)15(17,18)19/h1-8H. The van der Waals surface area contributed by atoms with Crippen LogP contribution in [0, 0.1) is 0 Å². The molecule has 3 nitrogen and oxygen atoms in total. The average Bonchev–Trinajstić information content (AvgIpc) is 2.96. The van der Waals surface area contributed by atoms with Gasteiger partial charge in [-0.3, -0.25) is 0 Å². The summed E-state index contributed by atoms with van der Waals surface area (Å²) in [7, 11) is 0. The van der Waals surface area contributed by atoms with Crippen LogP contribution in [0.1, 0.15) is 5.56 Å². The Hall–Kier alpha value is -2.15. The van der Waals surface area contributed by atoms with Crippen LogP contribution in [0.5, 0.6) is 0 Å². The van der Waals surface area contributed by atoms with E-state index in [4.69, 9.17) is 4.52 Å². The van der Waals surface area contributed by atoms with Gasteiger partial charge in [-0.15, -0.1) is 0 Å². The second kappa shape index (κ2) is 5.57. The van der Waals surface area contributed by atoms with Crippen LogP contribution in [-0.2, 0) is 6.18 Å². The van der Waals surface area contributed by atoms with Crippen LogP contribution >= 0.6 is 15.9 Å². The molecule has 0 aliphatic heterocycles. The predicted molar refractivity (Wildman–Crippen MR) is 77.9 cm³/mol. The van der Waals surface area contributed by atoms with Crippen molar-refractivity contribution in [2.24, 2.45) is 0 Å². The highest BCUT2D eigenvalue weighted by molar-refractivity contribution is 9.10. The summed E-state index contributed by atoms with van der Waals surface area (Å²) in [6, 6.07) is 11.9. The molecule has 1 aromatic heterocycles. The normalized spacial score (nSPS) is 11.6. The quantitative estimate of drug-likeness (QED) is 0.625. The number of rotatable bonds is 2. The number of alkyl halides is 3. The number of halogens is 4. The lowest BCUT2D eigenvalue weighted by Gasteiger charge is -2.05. The minimum absolute atomic E-state index is 0.240. The maximum absolute atomic E-state index is 12.5. The monoisotopic (exact) mass is 368 g/mol. The van der Waals surface area contributed by atoms with Crippen molar-refractivity contribution >= 4 is 15.9 Å². The van der Waals surface area contributed by atoms with E-state index in [9.17, 15) is 13.2 Å². The fraction of sp³-hybridized carbons (Fsp3) is 0.0667. The molecule has 7 heteroatoms. The van der Waals surface area contributed by atoms with Gasteiger partial charge in [0.05, 0.1) is 5.56 Å². The molecule has 0 fully saturated rings. The zero-order valence-electron chi connectivity index (χ0n) is 10.9. The van der Waals surface area contributed by atoms with E-state index in [0.717, 1.165) is 22.2 Å². The molecule has 0 unspecified atom stereocenters. The van der Waals surface area contributed by atoms with Crippen molar-refractivity contribution in [1.82, 2.24) is 10.1 Å². The Morgan fingerprint density at radius 3 is 2.32 bits per heavy atom. The van der Waals surface area contributed by atoms with Crippen LogP contribution < -0.4 is 0 Å². The molecule has 0 bridgehead atoms. The maximum atomic E-state index is 12.5. The minimum atomic E-state index is -4.36. The van der Waals surface area contributed by atoms with Crippen molar-refractivity contribution in [3.05, 3.63) is 58.6 Å². The zero-order chi connectivity index (χ0) is 15.7. The lowest BCUT2D eigenvalue weighted by atomic mass is 10.1. The van der Waals surface area contributed by atoms with Crippen LogP contribution in [0.4, 0.5) is 13.2 Å². The van der Waals surface area contributed by atoms with E-state index in [1.807, 2.05) is 18.2 Å². The van der Waals surface area contributed by atoms with Gasteiger partial charge in [-0.2, -0.15) is 18.2 Å². The van der Waals surface area contributed by atoms with Crippen LogP contribution in [0.2, 0.25) is 0 Å². The van der Waals surface area contributed by atoms with E-state index in [-0.39, 0.29) is 5.82 Å². The molecule has 3 aromatic rings. The van der Waals surface area contributed by atoms with E-state index < -0.39 is 11.7 Å². The molecule has 112 valence electrons. The number of aromatic nitrogens is 2. The van der Waals surface area contributed by atoms with Gasteiger partial charge in [-0.05, 0) is 30.3 Å². The van der Waals surface area contributed by atoms with Gasteiger partial charge in [0.1, 0.15) is 0 Å². The summed E-state index contributed by atoms with van der Waals surface area (Å²) >= 11 is 3.34. The summed E-state index contributed by atoms with van der Waals surface area (Å²) in [4.78, 5) is 4.20. The molecule has 3 rings (SSSR count). The lowest BCUT2D eigenvalue weighted by Crippen LogP contribution is -2.04. The Labute approximate surface area is 131 Å². The fourth-order valence-electron chi connectivity index (χ4n) is 1.89. The van der Waals surface area contributed by atoms with Crippen LogP contribution in [0.3, 0.4) is 0 Å². The second-order valence-corrected chi connectivity index (χ2v) is 5.42. The van der Waals surface area contributed by atoms with Crippen LogP contribution in [0.15, 0.2) is 57.5 Å². The van der Waals surface area contributed by atoms with Crippen molar-refractivity contribution in [3.8, 4) is 22.8 Å². The summed E-state index contributed by atoms with van der Waals surface area (Å²) < 4.78 is 43.6. The Kier molecular flexibility index (Phi) is 3.74. The van der Waals surface area contributed by atoms with Gasteiger partial charge < -0.3 is 4.52 Å². The lowest BCUT2D eigenvalue weighted by molar-refractivity contribution is -0.137. The fourth-order valence-corrected chi connectivity index (χ4v) is 2.29. The topological polar surface area (TPSA) is 38.9 Å². The first-order valence-corrected chi connectivity index (χ1v) is 7.00. The molecule has 0 aliphatic rings.